The molecule has 0 aliphatic rings. The molecule has 0 saturated heterocycles. The van der Waals surface area contributed by atoms with Crippen LogP contribution in [0.25, 0.3) is 0 Å². The number of hydrogen-bond donors (Lipinski definition) is 1. The zero-order valence-electron chi connectivity index (χ0n) is 9.08. The Balaban J connectivity index is 2.19. The maximum absolute atomic E-state index is 11.7. The maximum Gasteiger partial charge on any atom is 0.261 e. The van der Waals surface area contributed by atoms with E-state index in [2.05, 4.69) is 21.6 Å². The third kappa shape index (κ3) is 5.32. The summed E-state index contributed by atoms with van der Waals surface area (Å²) in [5.41, 5.74) is 0. The van der Waals surface area contributed by atoms with Gasteiger partial charge < -0.3 is 10.1 Å². The number of rotatable bonds is 8. The maximum atomic E-state index is 11.7. The van der Waals surface area contributed by atoms with Crippen molar-refractivity contribution in [3.05, 3.63) is 5.82 Å². The third-order valence-corrected chi connectivity index (χ3v) is 2.42. The molecule has 0 unspecified atom stereocenters. The molecule has 1 aromatic rings. The molecule has 1 heterocycles. The molecule has 92 valence electrons. The minimum absolute atomic E-state index is 0.230. The Hall–Kier alpha value is -0.820. The van der Waals surface area contributed by atoms with Gasteiger partial charge in [-0.05, 0) is 6.42 Å². The number of aromatic nitrogens is 2. The van der Waals surface area contributed by atoms with Crippen LogP contribution in [-0.4, -0.2) is 35.5 Å². The van der Waals surface area contributed by atoms with Gasteiger partial charge in [-0.1, -0.05) is 6.92 Å². The van der Waals surface area contributed by atoms with Gasteiger partial charge in [0.25, 0.3) is 6.43 Å². The van der Waals surface area contributed by atoms with Gasteiger partial charge in [-0.3, -0.25) is 0 Å². The van der Waals surface area contributed by atoms with E-state index in [1.54, 1.807) is 0 Å². The Morgan fingerprint density at radius 2 is 2.31 bits per heavy atom. The molecule has 0 atom stereocenters. The van der Waals surface area contributed by atoms with E-state index in [1.807, 2.05) is 0 Å². The van der Waals surface area contributed by atoms with Gasteiger partial charge in [0.1, 0.15) is 12.4 Å². The predicted molar refractivity (Wildman–Crippen MR) is 59.2 cm³/mol. The molecular weight excluding hydrogens is 236 g/mol. The Labute approximate surface area is 97.2 Å². The normalized spacial score (nSPS) is 11.0. The number of halogens is 2. The Kier molecular flexibility index (Phi) is 6.17. The van der Waals surface area contributed by atoms with Crippen molar-refractivity contribution in [1.29, 1.82) is 0 Å². The molecule has 0 spiro atoms. The van der Waals surface area contributed by atoms with E-state index in [0.29, 0.717) is 12.2 Å². The highest BCUT2D eigenvalue weighted by Gasteiger charge is 2.05. The highest BCUT2D eigenvalue weighted by Crippen LogP contribution is 2.11. The van der Waals surface area contributed by atoms with Gasteiger partial charge in [0.05, 0.1) is 6.61 Å². The molecule has 0 bridgehead atoms. The van der Waals surface area contributed by atoms with Gasteiger partial charge in [-0.25, -0.2) is 13.8 Å². The van der Waals surface area contributed by atoms with Crippen molar-refractivity contribution in [2.24, 2.45) is 0 Å². The molecule has 16 heavy (non-hydrogen) atoms. The van der Waals surface area contributed by atoms with Crippen molar-refractivity contribution in [3.63, 3.8) is 0 Å². The number of alkyl halides is 2. The highest BCUT2D eigenvalue weighted by molar-refractivity contribution is 7.09. The van der Waals surface area contributed by atoms with Crippen LogP contribution in [-0.2, 0) is 11.2 Å². The predicted octanol–water partition coefficient (Wildman–Crippen LogP) is 2.18. The second-order valence-electron chi connectivity index (χ2n) is 3.16. The molecule has 0 saturated carbocycles. The first kappa shape index (κ1) is 13.2. The van der Waals surface area contributed by atoms with Crippen LogP contribution in [0.15, 0.2) is 0 Å². The van der Waals surface area contributed by atoms with Crippen LogP contribution in [0.2, 0.25) is 0 Å². The van der Waals surface area contributed by atoms with Crippen LogP contribution >= 0.6 is 11.5 Å². The number of anilines is 1. The standard InChI is InChI=1S/C9H15F2N3OS/c1-2-4-12-9-13-8(14-16-9)3-5-15-6-7(10)11/h7H,2-6H2,1H3,(H,12,13,14). The first-order valence-electron chi connectivity index (χ1n) is 5.14. The van der Waals surface area contributed by atoms with Gasteiger partial charge in [0.2, 0.25) is 5.13 Å². The van der Waals surface area contributed by atoms with E-state index in [0.717, 1.165) is 18.1 Å². The molecule has 0 fully saturated rings. The number of hydrogen-bond acceptors (Lipinski definition) is 5. The molecule has 0 aromatic carbocycles. The summed E-state index contributed by atoms with van der Waals surface area (Å²) in [5, 5.41) is 3.88. The topological polar surface area (TPSA) is 47.0 Å². The lowest BCUT2D eigenvalue weighted by Crippen LogP contribution is -2.07. The van der Waals surface area contributed by atoms with Gasteiger partial charge in [-0.15, -0.1) is 0 Å². The highest BCUT2D eigenvalue weighted by atomic mass is 32.1. The molecule has 1 rings (SSSR count). The van der Waals surface area contributed by atoms with Gasteiger partial charge in [0.15, 0.2) is 0 Å². The number of ether oxygens (including phenoxy) is 1. The van der Waals surface area contributed by atoms with Crippen LogP contribution < -0.4 is 5.32 Å². The Bertz CT molecular complexity index is 296. The minimum Gasteiger partial charge on any atom is -0.375 e. The molecule has 0 aliphatic heterocycles. The fraction of sp³-hybridized carbons (Fsp3) is 0.778. The zero-order valence-corrected chi connectivity index (χ0v) is 9.90. The quantitative estimate of drug-likeness (QED) is 0.719. The lowest BCUT2D eigenvalue weighted by molar-refractivity contribution is 0.0183. The van der Waals surface area contributed by atoms with Crippen molar-refractivity contribution in [2.75, 3.05) is 25.1 Å². The van der Waals surface area contributed by atoms with Gasteiger partial charge in [0, 0.05) is 24.5 Å². The van der Waals surface area contributed by atoms with E-state index in [4.69, 9.17) is 4.74 Å². The van der Waals surface area contributed by atoms with Crippen LogP contribution in [0.3, 0.4) is 0 Å². The summed E-state index contributed by atoms with van der Waals surface area (Å²) >= 11 is 1.28. The molecule has 1 N–H and O–H groups in total. The van der Waals surface area contributed by atoms with Gasteiger partial charge in [-0.2, -0.15) is 4.37 Å². The fourth-order valence-electron chi connectivity index (χ4n) is 0.995. The second kappa shape index (κ2) is 7.45. The molecule has 1 aromatic heterocycles. The third-order valence-electron chi connectivity index (χ3n) is 1.71. The lowest BCUT2D eigenvalue weighted by Gasteiger charge is -2.00. The smallest absolute Gasteiger partial charge is 0.261 e. The average Bonchev–Trinajstić information content (AvgIpc) is 2.69. The van der Waals surface area contributed by atoms with Crippen LogP contribution in [0.5, 0.6) is 0 Å². The SMILES string of the molecule is CCCNc1nc(CCOCC(F)F)ns1. The van der Waals surface area contributed by atoms with Gasteiger partial charge >= 0.3 is 0 Å². The first-order valence-corrected chi connectivity index (χ1v) is 5.92. The second-order valence-corrected chi connectivity index (χ2v) is 3.91. The Morgan fingerprint density at radius 1 is 1.50 bits per heavy atom. The minimum atomic E-state index is -2.41. The molecule has 0 amide bonds. The van der Waals surface area contributed by atoms with Crippen molar-refractivity contribution in [3.8, 4) is 0 Å². The summed E-state index contributed by atoms with van der Waals surface area (Å²) in [7, 11) is 0. The lowest BCUT2D eigenvalue weighted by atomic mass is 10.4. The fourth-order valence-corrected chi connectivity index (χ4v) is 1.63. The van der Waals surface area contributed by atoms with Crippen LogP contribution in [0.4, 0.5) is 13.9 Å². The summed E-state index contributed by atoms with van der Waals surface area (Å²) in [4.78, 5) is 4.19. The van der Waals surface area contributed by atoms with Crippen LogP contribution in [0, 0.1) is 0 Å². The zero-order chi connectivity index (χ0) is 11.8. The summed E-state index contributed by atoms with van der Waals surface area (Å²) in [6, 6.07) is 0. The van der Waals surface area contributed by atoms with Crippen molar-refractivity contribution in [2.45, 2.75) is 26.2 Å². The van der Waals surface area contributed by atoms with Crippen molar-refractivity contribution in [1.82, 2.24) is 9.36 Å². The largest absolute Gasteiger partial charge is 0.375 e. The number of nitrogens with zero attached hydrogens (tertiary/aromatic N) is 2. The van der Waals surface area contributed by atoms with E-state index in [1.165, 1.54) is 11.5 Å². The van der Waals surface area contributed by atoms with E-state index in [-0.39, 0.29) is 6.61 Å². The monoisotopic (exact) mass is 251 g/mol. The summed E-state index contributed by atoms with van der Waals surface area (Å²) < 4.78 is 32.3. The van der Waals surface area contributed by atoms with Crippen LogP contribution in [0.1, 0.15) is 19.2 Å². The molecule has 4 nitrogen and oxygen atoms in total. The van der Waals surface area contributed by atoms with E-state index in [9.17, 15) is 8.78 Å². The summed E-state index contributed by atoms with van der Waals surface area (Å²) in [6.45, 7) is 2.63. The Morgan fingerprint density at radius 3 is 3.00 bits per heavy atom. The summed E-state index contributed by atoms with van der Waals surface area (Å²) in [6.07, 6.45) is -0.922. The van der Waals surface area contributed by atoms with Crippen molar-refractivity contribution >= 4 is 16.7 Å². The summed E-state index contributed by atoms with van der Waals surface area (Å²) in [5.74, 6) is 0.637. The average molecular weight is 251 g/mol. The molecule has 0 radical (unpaired) electrons. The molecular formula is C9H15F2N3OS. The van der Waals surface area contributed by atoms with E-state index >= 15 is 0 Å². The number of nitrogens with one attached hydrogen (secondary N) is 1. The molecule has 0 aliphatic carbocycles. The van der Waals surface area contributed by atoms with Crippen molar-refractivity contribution < 1.29 is 13.5 Å². The molecule has 7 heteroatoms. The van der Waals surface area contributed by atoms with E-state index < -0.39 is 13.0 Å². The first-order chi connectivity index (χ1) is 7.72.